The molecule has 1 atom stereocenters. The molecule has 8 heteroatoms. The molecule has 1 N–H and O–H groups in total. The van der Waals surface area contributed by atoms with Crippen molar-refractivity contribution in [2.75, 3.05) is 0 Å². The lowest BCUT2D eigenvalue weighted by molar-refractivity contribution is -0.140. The summed E-state index contributed by atoms with van der Waals surface area (Å²) in [6.45, 7) is 7.12. The number of hydrogen-bond acceptors (Lipinski definition) is 2. The predicted molar refractivity (Wildman–Crippen MR) is 119 cm³/mol. The molecule has 0 fully saturated rings. The lowest BCUT2D eigenvalue weighted by Gasteiger charge is -2.32. The van der Waals surface area contributed by atoms with Gasteiger partial charge < -0.3 is 10.2 Å². The average Bonchev–Trinajstić information content (AvgIpc) is 2.62. The third-order valence-corrected chi connectivity index (χ3v) is 5.51. The van der Waals surface area contributed by atoms with Gasteiger partial charge in [-0.1, -0.05) is 46.9 Å². The van der Waals surface area contributed by atoms with E-state index < -0.39 is 23.3 Å². The molecule has 162 valence electrons. The van der Waals surface area contributed by atoms with Crippen LogP contribution in [0.3, 0.4) is 0 Å². The highest BCUT2D eigenvalue weighted by molar-refractivity contribution is 6.36. The van der Waals surface area contributed by atoms with E-state index in [1.54, 1.807) is 25.1 Å². The van der Waals surface area contributed by atoms with Crippen LogP contribution in [0.25, 0.3) is 0 Å². The first-order valence-electron chi connectivity index (χ1n) is 9.38. The second kappa shape index (κ2) is 9.99. The van der Waals surface area contributed by atoms with E-state index in [2.05, 4.69) is 5.32 Å². The van der Waals surface area contributed by atoms with Gasteiger partial charge in [0, 0.05) is 38.3 Å². The first kappa shape index (κ1) is 24.4. The standard InChI is InChI=1S/C22H24Cl3FN2O2/c1-13(21(30)27-22(2,3)4)28(12-15-17(24)7-5-8-18(15)25)20(29)11-14-16(23)9-6-10-19(14)26/h5-10,13H,11-12H2,1-4H3,(H,27,30)/t13-/m1/s1. The maximum absolute atomic E-state index is 14.2. The summed E-state index contributed by atoms with van der Waals surface area (Å²) >= 11 is 18.6. The van der Waals surface area contributed by atoms with Gasteiger partial charge in [-0.3, -0.25) is 9.59 Å². The van der Waals surface area contributed by atoms with E-state index in [1.807, 2.05) is 20.8 Å². The van der Waals surface area contributed by atoms with Gasteiger partial charge in [0.2, 0.25) is 11.8 Å². The van der Waals surface area contributed by atoms with Crippen LogP contribution in [0, 0.1) is 5.82 Å². The van der Waals surface area contributed by atoms with Crippen molar-refractivity contribution in [1.29, 1.82) is 0 Å². The lowest BCUT2D eigenvalue weighted by atomic mass is 10.1. The van der Waals surface area contributed by atoms with Gasteiger partial charge in [0.25, 0.3) is 0 Å². The van der Waals surface area contributed by atoms with E-state index in [0.717, 1.165) is 0 Å². The normalized spacial score (nSPS) is 12.4. The van der Waals surface area contributed by atoms with Gasteiger partial charge in [-0.15, -0.1) is 0 Å². The van der Waals surface area contributed by atoms with E-state index in [-0.39, 0.29) is 29.5 Å². The molecule has 0 unspecified atom stereocenters. The van der Waals surface area contributed by atoms with Gasteiger partial charge in [-0.25, -0.2) is 4.39 Å². The fourth-order valence-electron chi connectivity index (χ4n) is 2.86. The van der Waals surface area contributed by atoms with Crippen molar-refractivity contribution in [2.45, 2.75) is 52.2 Å². The number of nitrogens with one attached hydrogen (secondary N) is 1. The number of halogens is 4. The number of hydrogen-bond donors (Lipinski definition) is 1. The summed E-state index contributed by atoms with van der Waals surface area (Å²) in [5.74, 6) is -1.41. The van der Waals surface area contributed by atoms with Crippen molar-refractivity contribution >= 4 is 46.6 Å². The van der Waals surface area contributed by atoms with Gasteiger partial charge in [-0.05, 0) is 52.0 Å². The highest BCUT2D eigenvalue weighted by atomic mass is 35.5. The number of amides is 2. The van der Waals surface area contributed by atoms with Crippen molar-refractivity contribution in [2.24, 2.45) is 0 Å². The summed E-state index contributed by atoms with van der Waals surface area (Å²) in [6, 6.07) is 8.35. The smallest absolute Gasteiger partial charge is 0.242 e. The van der Waals surface area contributed by atoms with Crippen LogP contribution < -0.4 is 5.32 Å². The minimum atomic E-state index is -0.852. The van der Waals surface area contributed by atoms with Crippen molar-refractivity contribution in [3.63, 3.8) is 0 Å². The van der Waals surface area contributed by atoms with Crippen molar-refractivity contribution in [1.82, 2.24) is 10.2 Å². The Kier molecular flexibility index (Phi) is 8.14. The Balaban J connectivity index is 2.39. The molecule has 0 bridgehead atoms. The van der Waals surface area contributed by atoms with E-state index in [1.165, 1.54) is 23.1 Å². The molecule has 30 heavy (non-hydrogen) atoms. The molecule has 0 heterocycles. The highest BCUT2D eigenvalue weighted by Crippen LogP contribution is 2.28. The molecule has 0 aliphatic carbocycles. The molecule has 4 nitrogen and oxygen atoms in total. The zero-order valence-electron chi connectivity index (χ0n) is 17.2. The molecular weight excluding hydrogens is 450 g/mol. The highest BCUT2D eigenvalue weighted by Gasteiger charge is 2.30. The fourth-order valence-corrected chi connectivity index (χ4v) is 3.61. The molecule has 0 saturated carbocycles. The Morgan fingerprint density at radius 3 is 2.00 bits per heavy atom. The monoisotopic (exact) mass is 472 g/mol. The van der Waals surface area contributed by atoms with E-state index in [4.69, 9.17) is 34.8 Å². The molecule has 2 aromatic rings. The van der Waals surface area contributed by atoms with Crippen LogP contribution in [-0.4, -0.2) is 28.3 Å². The molecule has 2 aromatic carbocycles. The van der Waals surface area contributed by atoms with Crippen molar-refractivity contribution in [3.8, 4) is 0 Å². The number of nitrogens with zero attached hydrogens (tertiary/aromatic N) is 1. The first-order valence-corrected chi connectivity index (χ1v) is 10.5. The quantitative estimate of drug-likeness (QED) is 0.588. The van der Waals surface area contributed by atoms with Crippen LogP contribution in [0.4, 0.5) is 4.39 Å². The maximum atomic E-state index is 14.2. The van der Waals surface area contributed by atoms with Gasteiger partial charge in [0.15, 0.2) is 0 Å². The van der Waals surface area contributed by atoms with Gasteiger partial charge >= 0.3 is 0 Å². The van der Waals surface area contributed by atoms with Crippen LogP contribution in [0.5, 0.6) is 0 Å². The summed E-state index contributed by atoms with van der Waals surface area (Å²) < 4.78 is 14.2. The number of rotatable bonds is 6. The van der Waals surface area contributed by atoms with Gasteiger partial charge in [0.1, 0.15) is 11.9 Å². The molecule has 2 amide bonds. The zero-order valence-corrected chi connectivity index (χ0v) is 19.5. The van der Waals surface area contributed by atoms with Gasteiger partial charge in [0.05, 0.1) is 6.42 Å². The fraction of sp³-hybridized carbons (Fsp3) is 0.364. The van der Waals surface area contributed by atoms with Crippen LogP contribution in [0.15, 0.2) is 36.4 Å². The summed E-state index contributed by atoms with van der Waals surface area (Å²) in [4.78, 5) is 27.3. The molecule has 0 aromatic heterocycles. The van der Waals surface area contributed by atoms with Crippen LogP contribution >= 0.6 is 34.8 Å². The maximum Gasteiger partial charge on any atom is 0.242 e. The zero-order chi connectivity index (χ0) is 22.6. The molecule has 0 radical (unpaired) electrons. The van der Waals surface area contributed by atoms with E-state index >= 15 is 0 Å². The number of carbonyl (C=O) groups excluding carboxylic acids is 2. The largest absolute Gasteiger partial charge is 0.350 e. The van der Waals surface area contributed by atoms with Crippen LogP contribution in [0.1, 0.15) is 38.8 Å². The summed E-state index contributed by atoms with van der Waals surface area (Å²) in [5.41, 5.74) is 0.0869. The average molecular weight is 474 g/mol. The van der Waals surface area contributed by atoms with Gasteiger partial charge in [-0.2, -0.15) is 0 Å². The molecule has 0 aliphatic heterocycles. The third-order valence-electron chi connectivity index (χ3n) is 4.45. The topological polar surface area (TPSA) is 49.4 Å². The van der Waals surface area contributed by atoms with Crippen molar-refractivity contribution < 1.29 is 14.0 Å². The van der Waals surface area contributed by atoms with E-state index in [9.17, 15) is 14.0 Å². The summed E-state index contributed by atoms with van der Waals surface area (Å²) in [6.07, 6.45) is -0.305. The Bertz CT molecular complexity index is 904. The Hall–Kier alpha value is -1.82. The van der Waals surface area contributed by atoms with Crippen molar-refractivity contribution in [3.05, 3.63) is 68.4 Å². The summed E-state index contributed by atoms with van der Waals surface area (Å²) in [5, 5.41) is 3.74. The second-order valence-corrected chi connectivity index (χ2v) is 9.24. The van der Waals surface area contributed by atoms with Crippen LogP contribution in [0.2, 0.25) is 15.1 Å². The minimum Gasteiger partial charge on any atom is -0.350 e. The third kappa shape index (κ3) is 6.34. The molecule has 2 rings (SSSR count). The lowest BCUT2D eigenvalue weighted by Crippen LogP contribution is -2.52. The first-order chi connectivity index (χ1) is 13.9. The Morgan fingerprint density at radius 1 is 1.00 bits per heavy atom. The number of carbonyl (C=O) groups is 2. The Morgan fingerprint density at radius 2 is 1.50 bits per heavy atom. The molecule has 0 spiro atoms. The molecular formula is C22H24Cl3FN2O2. The number of benzene rings is 2. The molecule has 0 saturated heterocycles. The minimum absolute atomic E-state index is 0.0118. The summed E-state index contributed by atoms with van der Waals surface area (Å²) in [7, 11) is 0. The molecule has 0 aliphatic rings. The van der Waals surface area contributed by atoms with E-state index in [0.29, 0.717) is 15.6 Å². The van der Waals surface area contributed by atoms with Crippen LogP contribution in [-0.2, 0) is 22.6 Å². The Labute approximate surface area is 191 Å². The second-order valence-electron chi connectivity index (χ2n) is 8.01. The predicted octanol–water partition coefficient (Wildman–Crippen LogP) is 5.66. The SMILES string of the molecule is C[C@H](C(=O)NC(C)(C)C)N(Cc1c(Cl)cccc1Cl)C(=O)Cc1c(F)cccc1Cl.